The summed E-state index contributed by atoms with van der Waals surface area (Å²) in [4.78, 5) is 23.0. The van der Waals surface area contributed by atoms with Gasteiger partial charge in [0, 0.05) is 17.7 Å². The van der Waals surface area contributed by atoms with E-state index in [9.17, 15) is 14.9 Å². The molecule has 0 spiro atoms. The molecule has 0 aromatic heterocycles. The lowest BCUT2D eigenvalue weighted by molar-refractivity contribution is -0.384. The van der Waals surface area contributed by atoms with Gasteiger partial charge in [0.25, 0.3) is 11.6 Å². The van der Waals surface area contributed by atoms with Gasteiger partial charge in [-0.25, -0.2) is 5.43 Å². The Morgan fingerprint density at radius 1 is 1.08 bits per heavy atom. The number of nitrogens with zero attached hydrogens (tertiary/aromatic N) is 2. The third-order valence-corrected chi connectivity index (χ3v) is 5.61. The summed E-state index contributed by atoms with van der Waals surface area (Å²) in [5.41, 5.74) is 4.25. The van der Waals surface area contributed by atoms with Crippen LogP contribution in [-0.4, -0.2) is 37.4 Å². The predicted molar refractivity (Wildman–Crippen MR) is 146 cm³/mol. The fraction of sp³-hybridized carbons (Fsp3) is 0.185. The van der Waals surface area contributed by atoms with E-state index < -0.39 is 10.8 Å². The molecule has 0 fully saturated rings. The molecule has 11 heteroatoms. The number of hydrazone groups is 1. The van der Waals surface area contributed by atoms with Crippen LogP contribution in [0.1, 0.15) is 28.4 Å². The van der Waals surface area contributed by atoms with E-state index >= 15 is 0 Å². The first-order valence-corrected chi connectivity index (χ1v) is 12.2. The lowest BCUT2D eigenvalue weighted by Gasteiger charge is -2.13. The summed E-state index contributed by atoms with van der Waals surface area (Å²) in [5.74, 6) is 1.43. The molecule has 3 rings (SSSR count). The van der Waals surface area contributed by atoms with Gasteiger partial charge in [-0.2, -0.15) is 5.10 Å². The molecule has 0 unspecified atom stereocenters. The fourth-order valence-electron chi connectivity index (χ4n) is 3.24. The Morgan fingerprint density at radius 3 is 2.50 bits per heavy atom. The van der Waals surface area contributed by atoms with Gasteiger partial charge in [-0.05, 0) is 76.4 Å². The average Bonchev–Trinajstić information content (AvgIpc) is 2.91. The number of nitrogens with one attached hydrogen (secondary N) is 1. The molecular weight excluding hydrogens is 558 g/mol. The number of halogens is 1. The maximum absolute atomic E-state index is 12.6. The van der Waals surface area contributed by atoms with Crippen LogP contribution in [0, 0.1) is 10.1 Å². The van der Waals surface area contributed by atoms with Crippen LogP contribution in [0.3, 0.4) is 0 Å². The zero-order valence-electron chi connectivity index (χ0n) is 20.8. The number of hydrogen-bond donors (Lipinski definition) is 1. The molecule has 0 radical (unpaired) electrons. The van der Waals surface area contributed by atoms with Gasteiger partial charge in [-0.15, -0.1) is 0 Å². The maximum atomic E-state index is 12.6. The quantitative estimate of drug-likeness (QED) is 0.119. The minimum Gasteiger partial charge on any atom is -0.493 e. The second kappa shape index (κ2) is 13.8. The third kappa shape index (κ3) is 7.56. The second-order valence-corrected chi connectivity index (χ2v) is 8.49. The number of carbonyl (C=O) groups excluding carboxylic acids is 1. The van der Waals surface area contributed by atoms with Crippen LogP contribution in [-0.2, 0) is 6.61 Å². The average molecular weight is 584 g/mol. The van der Waals surface area contributed by atoms with Crippen molar-refractivity contribution in [2.24, 2.45) is 5.10 Å². The molecule has 3 aromatic carbocycles. The number of ether oxygens (including phenoxy) is 4. The number of nitro groups is 1. The summed E-state index contributed by atoms with van der Waals surface area (Å²) < 4.78 is 23.1. The van der Waals surface area contributed by atoms with Crippen LogP contribution in [0.4, 0.5) is 5.69 Å². The number of benzene rings is 3. The first kappa shape index (κ1) is 28.2. The van der Waals surface area contributed by atoms with Crippen molar-refractivity contribution < 1.29 is 28.7 Å². The molecule has 0 saturated heterocycles. The predicted octanol–water partition coefficient (Wildman–Crippen LogP) is 5.67. The lowest BCUT2D eigenvalue weighted by atomic mass is 10.2. The Morgan fingerprint density at radius 2 is 1.84 bits per heavy atom. The van der Waals surface area contributed by atoms with Gasteiger partial charge < -0.3 is 18.9 Å². The van der Waals surface area contributed by atoms with Crippen LogP contribution in [0.5, 0.6) is 23.0 Å². The second-order valence-electron chi connectivity index (χ2n) is 7.64. The highest BCUT2D eigenvalue weighted by atomic mass is 79.9. The zero-order valence-corrected chi connectivity index (χ0v) is 22.4. The summed E-state index contributed by atoms with van der Waals surface area (Å²) >= 11 is 3.47. The Labute approximate surface area is 228 Å². The third-order valence-electron chi connectivity index (χ3n) is 5.02. The molecule has 0 bridgehead atoms. The van der Waals surface area contributed by atoms with Gasteiger partial charge in [0.15, 0.2) is 23.0 Å². The molecule has 1 amide bonds. The Balaban J connectivity index is 1.67. The summed E-state index contributed by atoms with van der Waals surface area (Å²) in [5, 5.41) is 14.9. The van der Waals surface area contributed by atoms with Crippen LogP contribution in [0.15, 0.2) is 76.8 Å². The summed E-state index contributed by atoms with van der Waals surface area (Å²) in [6, 6.07) is 14.4. The van der Waals surface area contributed by atoms with E-state index in [2.05, 4.69) is 33.0 Å². The van der Waals surface area contributed by atoms with E-state index in [1.807, 2.05) is 6.92 Å². The number of amides is 1. The maximum Gasteiger partial charge on any atom is 0.271 e. The molecule has 0 saturated carbocycles. The molecule has 0 aliphatic carbocycles. The van der Waals surface area contributed by atoms with E-state index in [4.69, 9.17) is 18.9 Å². The molecule has 1 N–H and O–H groups in total. The van der Waals surface area contributed by atoms with Gasteiger partial charge >= 0.3 is 0 Å². The highest BCUT2D eigenvalue weighted by Gasteiger charge is 2.14. The molecule has 0 aliphatic heterocycles. The highest BCUT2D eigenvalue weighted by molar-refractivity contribution is 9.10. The standard InChI is InChI=1S/C27H26BrN3O7/c1-4-12-37-23-11-8-20(15-24(23)36-5-2)27(32)30-29-16-19-13-22(28)26(25(14-19)35-3)38-17-18-6-9-21(10-7-18)31(33)34/h4,6-11,13-16H,1,5,12,17H2,2-3H3,(H,30,32)/b29-16+. The number of nitro benzene ring substituents is 1. The van der Waals surface area contributed by atoms with Gasteiger partial charge in [0.1, 0.15) is 13.2 Å². The van der Waals surface area contributed by atoms with Crippen molar-refractivity contribution in [1.82, 2.24) is 5.43 Å². The van der Waals surface area contributed by atoms with Crippen molar-refractivity contribution in [2.45, 2.75) is 13.5 Å². The van der Waals surface area contributed by atoms with Crippen LogP contribution < -0.4 is 24.4 Å². The van der Waals surface area contributed by atoms with Gasteiger partial charge in [-0.3, -0.25) is 14.9 Å². The van der Waals surface area contributed by atoms with E-state index in [1.165, 1.54) is 25.5 Å². The van der Waals surface area contributed by atoms with E-state index in [-0.39, 0.29) is 12.3 Å². The summed E-state index contributed by atoms with van der Waals surface area (Å²) in [7, 11) is 1.50. The van der Waals surface area contributed by atoms with Crippen molar-refractivity contribution in [3.63, 3.8) is 0 Å². The zero-order chi connectivity index (χ0) is 27.5. The minimum absolute atomic E-state index is 0.00697. The number of carbonyl (C=O) groups is 1. The number of non-ortho nitro benzene ring substituents is 1. The Bertz CT molecular complexity index is 1330. The van der Waals surface area contributed by atoms with Crippen molar-refractivity contribution in [3.05, 3.63) is 98.5 Å². The lowest BCUT2D eigenvalue weighted by Crippen LogP contribution is -2.17. The van der Waals surface area contributed by atoms with Gasteiger partial charge in [0.05, 0.1) is 29.3 Å². The summed E-state index contributed by atoms with van der Waals surface area (Å²) in [6.07, 6.45) is 3.09. The van der Waals surface area contributed by atoms with E-state index in [0.29, 0.717) is 51.8 Å². The SMILES string of the molecule is C=CCOc1ccc(C(=O)N/N=C/c2cc(Br)c(OCc3ccc([N+](=O)[O-])cc3)c(OC)c2)cc1OCC. The van der Waals surface area contributed by atoms with Crippen molar-refractivity contribution in [1.29, 1.82) is 0 Å². The van der Waals surface area contributed by atoms with E-state index in [0.717, 1.165) is 5.56 Å². The molecule has 198 valence electrons. The van der Waals surface area contributed by atoms with Crippen molar-refractivity contribution >= 4 is 33.7 Å². The normalized spacial score (nSPS) is 10.6. The van der Waals surface area contributed by atoms with Crippen LogP contribution >= 0.6 is 15.9 Å². The Kier molecular flexibility index (Phi) is 10.2. The smallest absolute Gasteiger partial charge is 0.271 e. The van der Waals surface area contributed by atoms with Gasteiger partial charge in [0.2, 0.25) is 0 Å². The topological polar surface area (TPSA) is 122 Å². The van der Waals surface area contributed by atoms with Gasteiger partial charge in [-0.1, -0.05) is 12.7 Å². The highest BCUT2D eigenvalue weighted by Crippen LogP contribution is 2.37. The molecule has 38 heavy (non-hydrogen) atoms. The van der Waals surface area contributed by atoms with E-state index in [1.54, 1.807) is 48.5 Å². The number of rotatable bonds is 13. The first-order chi connectivity index (χ1) is 18.4. The summed E-state index contributed by atoms with van der Waals surface area (Å²) in [6.45, 7) is 6.37. The van der Waals surface area contributed by atoms with Crippen LogP contribution in [0.25, 0.3) is 0 Å². The van der Waals surface area contributed by atoms with Crippen molar-refractivity contribution in [2.75, 3.05) is 20.3 Å². The number of hydrogen-bond acceptors (Lipinski definition) is 8. The monoisotopic (exact) mass is 583 g/mol. The van der Waals surface area contributed by atoms with Crippen LogP contribution in [0.2, 0.25) is 0 Å². The number of methoxy groups -OCH3 is 1. The minimum atomic E-state index is -0.457. The molecule has 0 heterocycles. The largest absolute Gasteiger partial charge is 0.493 e. The molecule has 10 nitrogen and oxygen atoms in total. The fourth-order valence-corrected chi connectivity index (χ4v) is 3.81. The van der Waals surface area contributed by atoms with Crippen molar-refractivity contribution in [3.8, 4) is 23.0 Å². The molecule has 0 atom stereocenters. The molecular formula is C27H26BrN3O7. The first-order valence-electron chi connectivity index (χ1n) is 11.4. The molecule has 0 aliphatic rings. The Hall–Kier alpha value is -4.38. The molecule has 3 aromatic rings.